The Balaban J connectivity index is 1.52. The summed E-state index contributed by atoms with van der Waals surface area (Å²) in [7, 11) is 1.71. The molecule has 1 aliphatic rings. The second-order valence-corrected chi connectivity index (χ2v) is 7.76. The molecular formula is C22H21FN8O2. The van der Waals surface area contributed by atoms with Crippen molar-refractivity contribution in [1.82, 2.24) is 29.5 Å². The largest absolute Gasteiger partial charge is 0.373 e. The third kappa shape index (κ3) is 3.88. The maximum Gasteiger partial charge on any atom is 0.279 e. The highest BCUT2D eigenvalue weighted by atomic mass is 19.1. The zero-order valence-corrected chi connectivity index (χ0v) is 17.9. The Morgan fingerprint density at radius 2 is 2.03 bits per heavy atom. The number of rotatable bonds is 6. The topological polar surface area (TPSA) is 118 Å². The SMILES string of the molecule is CNc1cc(Nc2cccn(-c3cccc(C)n3)c2=O)nc2c(C(=O)NC3C[C@H]3F)cnn12. The molecule has 168 valence electrons. The first-order chi connectivity index (χ1) is 15.9. The minimum Gasteiger partial charge on any atom is -0.373 e. The van der Waals surface area contributed by atoms with Gasteiger partial charge in [0, 0.05) is 31.4 Å². The Hall–Kier alpha value is -4.28. The molecular weight excluding hydrogens is 427 g/mol. The Morgan fingerprint density at radius 1 is 1.21 bits per heavy atom. The number of carbonyl (C=O) groups excluding carboxylic acids is 1. The highest BCUT2D eigenvalue weighted by Gasteiger charge is 2.39. The van der Waals surface area contributed by atoms with Crippen molar-refractivity contribution in [2.24, 2.45) is 0 Å². The lowest BCUT2D eigenvalue weighted by Crippen LogP contribution is -2.27. The number of anilines is 3. The summed E-state index contributed by atoms with van der Waals surface area (Å²) < 4.78 is 16.1. The van der Waals surface area contributed by atoms with Gasteiger partial charge in [0.1, 0.15) is 34.9 Å². The fourth-order valence-electron chi connectivity index (χ4n) is 3.50. The van der Waals surface area contributed by atoms with Crippen molar-refractivity contribution in [3.8, 4) is 5.82 Å². The number of hydrogen-bond donors (Lipinski definition) is 3. The number of aromatic nitrogens is 5. The van der Waals surface area contributed by atoms with E-state index in [9.17, 15) is 14.0 Å². The molecule has 4 aromatic heterocycles. The summed E-state index contributed by atoms with van der Waals surface area (Å²) in [5.41, 5.74) is 1.25. The standard InChI is InChI=1S/C22H21FN8O2/c1-12-5-3-7-18(26-12)30-8-4-6-15(22(30)33)27-17-10-19(24-2)31-20(29-17)13(11-25-31)21(32)28-16-9-14(16)23/h3-8,10-11,14,16,24H,9H2,1-2H3,(H,27,29)(H,28,32)/t14-,16?/m1/s1. The monoisotopic (exact) mass is 448 g/mol. The quantitative estimate of drug-likeness (QED) is 0.414. The van der Waals surface area contributed by atoms with Gasteiger partial charge in [0.05, 0.1) is 12.2 Å². The van der Waals surface area contributed by atoms with Crippen LogP contribution in [0.15, 0.2) is 53.6 Å². The minimum atomic E-state index is -1.02. The molecule has 0 aliphatic heterocycles. The first-order valence-corrected chi connectivity index (χ1v) is 10.4. The maximum absolute atomic E-state index is 13.2. The second-order valence-electron chi connectivity index (χ2n) is 7.76. The lowest BCUT2D eigenvalue weighted by Gasteiger charge is -2.12. The van der Waals surface area contributed by atoms with Crippen LogP contribution < -0.4 is 21.5 Å². The van der Waals surface area contributed by atoms with Crippen molar-refractivity contribution in [3.63, 3.8) is 0 Å². The Labute approximate surface area is 187 Å². The summed E-state index contributed by atoms with van der Waals surface area (Å²) in [6, 6.07) is 9.99. The lowest BCUT2D eigenvalue weighted by molar-refractivity contribution is 0.0949. The molecule has 11 heteroatoms. The molecule has 4 heterocycles. The summed E-state index contributed by atoms with van der Waals surface area (Å²) in [5, 5.41) is 12.9. The van der Waals surface area contributed by atoms with Gasteiger partial charge in [-0.3, -0.25) is 14.2 Å². The van der Waals surface area contributed by atoms with Crippen LogP contribution >= 0.6 is 0 Å². The molecule has 1 unspecified atom stereocenters. The number of fused-ring (bicyclic) bond motifs is 1. The predicted octanol–water partition coefficient (Wildman–Crippen LogP) is 2.21. The molecule has 10 nitrogen and oxygen atoms in total. The molecule has 0 radical (unpaired) electrons. The van der Waals surface area contributed by atoms with E-state index in [-0.39, 0.29) is 22.5 Å². The van der Waals surface area contributed by atoms with Gasteiger partial charge in [-0.1, -0.05) is 6.07 Å². The third-order valence-corrected chi connectivity index (χ3v) is 5.33. The predicted molar refractivity (Wildman–Crippen MR) is 121 cm³/mol. The molecule has 3 N–H and O–H groups in total. The van der Waals surface area contributed by atoms with Crippen molar-refractivity contribution in [2.45, 2.75) is 25.6 Å². The highest BCUT2D eigenvalue weighted by molar-refractivity contribution is 6.00. The molecule has 0 spiro atoms. The Kier molecular flexibility index (Phi) is 5.00. The van der Waals surface area contributed by atoms with Crippen LogP contribution in [0.4, 0.5) is 21.7 Å². The first-order valence-electron chi connectivity index (χ1n) is 10.4. The van der Waals surface area contributed by atoms with E-state index in [0.717, 1.165) is 5.69 Å². The van der Waals surface area contributed by atoms with E-state index in [4.69, 9.17) is 0 Å². The number of aryl methyl sites for hydroxylation is 1. The average Bonchev–Trinajstić information content (AvgIpc) is 3.31. The number of nitrogens with one attached hydrogen (secondary N) is 3. The number of pyridine rings is 2. The molecule has 0 saturated heterocycles. The Bertz CT molecular complexity index is 1430. The van der Waals surface area contributed by atoms with E-state index < -0.39 is 18.1 Å². The van der Waals surface area contributed by atoms with Gasteiger partial charge in [0.25, 0.3) is 11.5 Å². The molecule has 0 bridgehead atoms. The zero-order chi connectivity index (χ0) is 23.1. The van der Waals surface area contributed by atoms with Crippen molar-refractivity contribution >= 4 is 28.9 Å². The van der Waals surface area contributed by atoms with Gasteiger partial charge in [-0.15, -0.1) is 0 Å². The van der Waals surface area contributed by atoms with Gasteiger partial charge < -0.3 is 16.0 Å². The van der Waals surface area contributed by atoms with Crippen molar-refractivity contribution in [2.75, 3.05) is 17.7 Å². The molecule has 1 amide bonds. The number of nitrogens with zero attached hydrogens (tertiary/aromatic N) is 5. The van der Waals surface area contributed by atoms with Gasteiger partial charge in [0.15, 0.2) is 5.65 Å². The molecule has 1 saturated carbocycles. The van der Waals surface area contributed by atoms with Crippen LogP contribution in [0.3, 0.4) is 0 Å². The molecule has 1 aliphatic carbocycles. The van der Waals surface area contributed by atoms with Crippen LogP contribution in [0.1, 0.15) is 22.5 Å². The number of alkyl halides is 1. The lowest BCUT2D eigenvalue weighted by atomic mass is 10.3. The smallest absolute Gasteiger partial charge is 0.279 e. The summed E-state index contributed by atoms with van der Waals surface area (Å²) in [4.78, 5) is 34.6. The van der Waals surface area contributed by atoms with Gasteiger partial charge in [0.2, 0.25) is 0 Å². The van der Waals surface area contributed by atoms with Crippen LogP contribution in [0.25, 0.3) is 11.5 Å². The first kappa shape index (κ1) is 20.6. The third-order valence-electron chi connectivity index (χ3n) is 5.33. The molecule has 0 aromatic carbocycles. The molecule has 5 rings (SSSR count). The zero-order valence-electron chi connectivity index (χ0n) is 17.9. The van der Waals surface area contributed by atoms with E-state index in [1.54, 1.807) is 37.5 Å². The molecule has 1 fully saturated rings. The molecule has 2 atom stereocenters. The summed E-state index contributed by atoms with van der Waals surface area (Å²) in [6.07, 6.45) is 2.32. The second kappa shape index (κ2) is 8.01. The Morgan fingerprint density at radius 3 is 2.76 bits per heavy atom. The number of hydrogen-bond acceptors (Lipinski definition) is 7. The van der Waals surface area contributed by atoms with Gasteiger partial charge in [-0.2, -0.15) is 9.61 Å². The average molecular weight is 448 g/mol. The van der Waals surface area contributed by atoms with Crippen molar-refractivity contribution < 1.29 is 9.18 Å². The van der Waals surface area contributed by atoms with E-state index in [1.165, 1.54) is 15.3 Å². The fraction of sp³-hybridized carbons (Fsp3) is 0.227. The summed E-state index contributed by atoms with van der Waals surface area (Å²) in [5.74, 6) is 0.939. The van der Waals surface area contributed by atoms with E-state index >= 15 is 0 Å². The van der Waals surface area contributed by atoms with Crippen LogP contribution in [-0.2, 0) is 0 Å². The van der Waals surface area contributed by atoms with E-state index in [1.807, 2.05) is 19.1 Å². The van der Waals surface area contributed by atoms with Crippen molar-refractivity contribution in [3.05, 3.63) is 70.4 Å². The van der Waals surface area contributed by atoms with Gasteiger partial charge >= 0.3 is 0 Å². The minimum absolute atomic E-state index is 0.212. The van der Waals surface area contributed by atoms with E-state index in [2.05, 4.69) is 31.0 Å². The van der Waals surface area contributed by atoms with Crippen molar-refractivity contribution in [1.29, 1.82) is 0 Å². The molecule has 33 heavy (non-hydrogen) atoms. The van der Waals surface area contributed by atoms with Gasteiger partial charge in [-0.25, -0.2) is 14.4 Å². The van der Waals surface area contributed by atoms with Crippen LogP contribution in [-0.4, -0.2) is 49.3 Å². The number of carbonyl (C=O) groups is 1. The van der Waals surface area contributed by atoms with Crippen LogP contribution in [0.2, 0.25) is 0 Å². The highest BCUT2D eigenvalue weighted by Crippen LogP contribution is 2.26. The fourth-order valence-corrected chi connectivity index (χ4v) is 3.50. The summed E-state index contributed by atoms with van der Waals surface area (Å²) >= 11 is 0. The van der Waals surface area contributed by atoms with Crippen LogP contribution in [0.5, 0.6) is 0 Å². The normalized spacial score (nSPS) is 17.1. The number of amides is 1. The van der Waals surface area contributed by atoms with E-state index in [0.29, 0.717) is 23.9 Å². The van der Waals surface area contributed by atoms with Gasteiger partial charge in [-0.05, 0) is 31.2 Å². The van der Waals surface area contributed by atoms with Crippen LogP contribution in [0, 0.1) is 6.92 Å². The maximum atomic E-state index is 13.2. The molecule has 4 aromatic rings. The number of halogens is 1. The summed E-state index contributed by atoms with van der Waals surface area (Å²) in [6.45, 7) is 1.85.